The summed E-state index contributed by atoms with van der Waals surface area (Å²) in [5, 5.41) is 6.27. The van der Waals surface area contributed by atoms with Gasteiger partial charge in [0.1, 0.15) is 0 Å². The standard InChI is InChI=1S/C24H24ClN3O3S/c1-17-2-10-23(11-3-17)32(30,31)28-13-12-19-6-9-22(14-20(19)16-28)27-24(29)26-15-18-4-7-21(25)8-5-18/h2-11,14H,12-13,15-16H2,1H3,(H2,26,27,29). The van der Waals surface area contributed by atoms with Crippen molar-refractivity contribution in [3.63, 3.8) is 0 Å². The molecule has 1 aliphatic heterocycles. The molecule has 0 fully saturated rings. The fourth-order valence-electron chi connectivity index (χ4n) is 3.63. The summed E-state index contributed by atoms with van der Waals surface area (Å²) in [6, 6.07) is 19.4. The molecule has 0 atom stereocenters. The van der Waals surface area contributed by atoms with Gasteiger partial charge >= 0.3 is 6.03 Å². The second-order valence-corrected chi connectivity index (χ2v) is 10.2. The van der Waals surface area contributed by atoms with E-state index >= 15 is 0 Å². The van der Waals surface area contributed by atoms with Crippen molar-refractivity contribution in [2.45, 2.75) is 31.3 Å². The van der Waals surface area contributed by atoms with Gasteiger partial charge in [0, 0.05) is 30.3 Å². The van der Waals surface area contributed by atoms with Gasteiger partial charge in [0.25, 0.3) is 0 Å². The number of carbonyl (C=O) groups excluding carboxylic acids is 1. The third kappa shape index (κ3) is 5.12. The van der Waals surface area contributed by atoms with Crippen molar-refractivity contribution >= 4 is 33.3 Å². The fraction of sp³-hybridized carbons (Fsp3) is 0.208. The van der Waals surface area contributed by atoms with Gasteiger partial charge in [-0.2, -0.15) is 4.31 Å². The van der Waals surface area contributed by atoms with E-state index in [1.807, 2.05) is 37.3 Å². The van der Waals surface area contributed by atoms with E-state index in [4.69, 9.17) is 11.6 Å². The summed E-state index contributed by atoms with van der Waals surface area (Å²) >= 11 is 5.88. The number of amides is 2. The summed E-state index contributed by atoms with van der Waals surface area (Å²) in [6.07, 6.45) is 0.628. The third-order valence-electron chi connectivity index (χ3n) is 5.47. The summed E-state index contributed by atoms with van der Waals surface area (Å²) in [4.78, 5) is 12.6. The van der Waals surface area contributed by atoms with Gasteiger partial charge in [0.15, 0.2) is 0 Å². The van der Waals surface area contributed by atoms with Gasteiger partial charge in [0.05, 0.1) is 4.90 Å². The summed E-state index contributed by atoms with van der Waals surface area (Å²) < 4.78 is 27.6. The number of benzene rings is 3. The molecular formula is C24H24ClN3O3S. The fourth-order valence-corrected chi connectivity index (χ4v) is 5.18. The third-order valence-corrected chi connectivity index (χ3v) is 7.58. The highest BCUT2D eigenvalue weighted by atomic mass is 35.5. The molecule has 1 heterocycles. The second kappa shape index (κ2) is 9.32. The number of urea groups is 1. The number of hydrogen-bond donors (Lipinski definition) is 2. The minimum Gasteiger partial charge on any atom is -0.334 e. The van der Waals surface area contributed by atoms with Crippen molar-refractivity contribution in [1.29, 1.82) is 0 Å². The Hall–Kier alpha value is -2.87. The molecule has 2 amide bonds. The van der Waals surface area contributed by atoms with Crippen LogP contribution in [0.3, 0.4) is 0 Å². The van der Waals surface area contributed by atoms with Crippen molar-refractivity contribution in [3.05, 3.63) is 94.0 Å². The molecule has 32 heavy (non-hydrogen) atoms. The van der Waals surface area contributed by atoms with E-state index in [1.165, 1.54) is 4.31 Å². The lowest BCUT2D eigenvalue weighted by Gasteiger charge is -2.28. The van der Waals surface area contributed by atoms with Gasteiger partial charge in [0.2, 0.25) is 10.0 Å². The number of nitrogens with zero attached hydrogens (tertiary/aromatic N) is 1. The summed E-state index contributed by atoms with van der Waals surface area (Å²) in [6.45, 7) is 3.00. The SMILES string of the molecule is Cc1ccc(S(=O)(=O)N2CCc3ccc(NC(=O)NCc4ccc(Cl)cc4)cc3C2)cc1. The van der Waals surface area contributed by atoms with Crippen LogP contribution in [-0.4, -0.2) is 25.3 Å². The molecule has 3 aromatic carbocycles. The van der Waals surface area contributed by atoms with Gasteiger partial charge < -0.3 is 10.6 Å². The lowest BCUT2D eigenvalue weighted by atomic mass is 10.0. The minimum atomic E-state index is -3.58. The lowest BCUT2D eigenvalue weighted by molar-refractivity contribution is 0.251. The predicted octanol–water partition coefficient (Wildman–Crippen LogP) is 4.72. The molecule has 0 spiro atoms. The number of anilines is 1. The van der Waals surface area contributed by atoms with E-state index in [0.717, 1.165) is 22.3 Å². The van der Waals surface area contributed by atoms with Crippen molar-refractivity contribution in [2.75, 3.05) is 11.9 Å². The molecule has 6 nitrogen and oxygen atoms in total. The Morgan fingerprint density at radius 2 is 1.72 bits per heavy atom. The Morgan fingerprint density at radius 3 is 2.44 bits per heavy atom. The van der Waals surface area contributed by atoms with E-state index in [-0.39, 0.29) is 12.6 Å². The Balaban J connectivity index is 1.42. The Bertz CT molecular complexity index is 1230. The van der Waals surface area contributed by atoms with E-state index in [2.05, 4.69) is 10.6 Å². The van der Waals surface area contributed by atoms with E-state index in [9.17, 15) is 13.2 Å². The number of sulfonamides is 1. The topological polar surface area (TPSA) is 78.5 Å². The molecule has 166 valence electrons. The molecule has 4 rings (SSSR count). The predicted molar refractivity (Wildman–Crippen MR) is 126 cm³/mol. The van der Waals surface area contributed by atoms with E-state index in [0.29, 0.717) is 35.1 Å². The van der Waals surface area contributed by atoms with Crippen LogP contribution in [0.15, 0.2) is 71.6 Å². The molecule has 8 heteroatoms. The highest BCUT2D eigenvalue weighted by molar-refractivity contribution is 7.89. The molecule has 0 aromatic heterocycles. The Kier molecular flexibility index (Phi) is 6.50. The first-order valence-corrected chi connectivity index (χ1v) is 12.1. The van der Waals surface area contributed by atoms with Crippen LogP contribution < -0.4 is 10.6 Å². The maximum absolute atomic E-state index is 13.0. The van der Waals surface area contributed by atoms with Crippen LogP contribution in [0.5, 0.6) is 0 Å². The molecule has 0 radical (unpaired) electrons. The van der Waals surface area contributed by atoms with Crippen LogP contribution in [0.1, 0.15) is 22.3 Å². The number of aryl methyl sites for hydroxylation is 1. The highest BCUT2D eigenvalue weighted by Crippen LogP contribution is 2.27. The van der Waals surface area contributed by atoms with Crippen LogP contribution in [0.25, 0.3) is 0 Å². The van der Waals surface area contributed by atoms with Gasteiger partial charge in [-0.15, -0.1) is 0 Å². The molecule has 0 saturated carbocycles. The average Bonchev–Trinajstić information content (AvgIpc) is 2.78. The Morgan fingerprint density at radius 1 is 1.00 bits per heavy atom. The molecule has 3 aromatic rings. The number of hydrogen-bond acceptors (Lipinski definition) is 3. The monoisotopic (exact) mass is 469 g/mol. The first-order valence-electron chi connectivity index (χ1n) is 10.3. The zero-order chi connectivity index (χ0) is 22.7. The number of halogens is 1. The normalized spacial score (nSPS) is 13.9. The van der Waals surface area contributed by atoms with Crippen molar-refractivity contribution in [3.8, 4) is 0 Å². The number of carbonyl (C=O) groups is 1. The maximum Gasteiger partial charge on any atom is 0.319 e. The smallest absolute Gasteiger partial charge is 0.319 e. The zero-order valence-corrected chi connectivity index (χ0v) is 19.2. The summed E-state index contributed by atoms with van der Waals surface area (Å²) in [7, 11) is -3.58. The van der Waals surface area contributed by atoms with Gasteiger partial charge in [-0.05, 0) is 66.4 Å². The van der Waals surface area contributed by atoms with E-state index in [1.54, 1.807) is 36.4 Å². The summed E-state index contributed by atoms with van der Waals surface area (Å²) in [5.74, 6) is 0. The Labute approximate surface area is 193 Å². The van der Waals surface area contributed by atoms with Gasteiger partial charge in [-0.3, -0.25) is 0 Å². The first kappa shape index (κ1) is 22.3. The second-order valence-electron chi connectivity index (χ2n) is 7.82. The molecule has 2 N–H and O–H groups in total. The molecule has 0 saturated heterocycles. The average molecular weight is 470 g/mol. The number of fused-ring (bicyclic) bond motifs is 1. The van der Waals surface area contributed by atoms with Crippen LogP contribution >= 0.6 is 11.6 Å². The molecule has 1 aliphatic rings. The molecule has 0 aliphatic carbocycles. The van der Waals surface area contributed by atoms with Gasteiger partial charge in [-0.25, -0.2) is 13.2 Å². The molecular weight excluding hydrogens is 446 g/mol. The van der Waals surface area contributed by atoms with E-state index < -0.39 is 10.0 Å². The maximum atomic E-state index is 13.0. The van der Waals surface area contributed by atoms with Crippen molar-refractivity contribution < 1.29 is 13.2 Å². The van der Waals surface area contributed by atoms with Crippen LogP contribution in [0.4, 0.5) is 10.5 Å². The van der Waals surface area contributed by atoms with Crippen LogP contribution in [-0.2, 0) is 29.5 Å². The van der Waals surface area contributed by atoms with Crippen LogP contribution in [0, 0.1) is 6.92 Å². The molecule has 0 unspecified atom stereocenters. The number of rotatable bonds is 5. The van der Waals surface area contributed by atoms with Crippen LogP contribution in [0.2, 0.25) is 5.02 Å². The largest absolute Gasteiger partial charge is 0.334 e. The van der Waals surface area contributed by atoms with Crippen molar-refractivity contribution in [2.24, 2.45) is 0 Å². The zero-order valence-electron chi connectivity index (χ0n) is 17.6. The quantitative estimate of drug-likeness (QED) is 0.567. The lowest BCUT2D eigenvalue weighted by Crippen LogP contribution is -2.36. The number of nitrogens with one attached hydrogen (secondary N) is 2. The minimum absolute atomic E-state index is 0.271. The summed E-state index contributed by atoms with van der Waals surface area (Å²) in [5.41, 5.74) is 4.55. The van der Waals surface area contributed by atoms with Gasteiger partial charge in [-0.1, -0.05) is 47.5 Å². The highest BCUT2D eigenvalue weighted by Gasteiger charge is 2.28. The van der Waals surface area contributed by atoms with Crippen molar-refractivity contribution in [1.82, 2.24) is 9.62 Å². The first-order chi connectivity index (χ1) is 15.3. The molecule has 0 bridgehead atoms.